The first-order valence-electron chi connectivity index (χ1n) is 5.70. The van der Waals surface area contributed by atoms with Crippen LogP contribution in [0.2, 0.25) is 0 Å². The number of urea groups is 1. The molecule has 0 rings (SSSR count). The van der Waals surface area contributed by atoms with E-state index in [1.807, 2.05) is 0 Å². The van der Waals surface area contributed by atoms with Crippen LogP contribution in [-0.4, -0.2) is 66.1 Å². The monoisotopic (exact) mass is 262 g/mol. The third kappa shape index (κ3) is 4.89. The molecule has 0 aliphatic rings. The second-order valence-electron chi connectivity index (χ2n) is 4.41. The molecule has 106 valence electrons. The molecule has 2 atom stereocenters. The molecule has 7 heteroatoms. The number of aliphatic carboxylic acids is 1. The smallest absolute Gasteiger partial charge is 0.329 e. The van der Waals surface area contributed by atoms with E-state index in [1.54, 1.807) is 6.92 Å². The first-order chi connectivity index (χ1) is 8.26. The van der Waals surface area contributed by atoms with Gasteiger partial charge in [0.05, 0.1) is 19.3 Å². The zero-order chi connectivity index (χ0) is 14.3. The number of aliphatic hydroxyl groups is 1. The number of nitrogens with one attached hydrogen (secondary N) is 1. The lowest BCUT2D eigenvalue weighted by atomic mass is 10.00. The average Bonchev–Trinajstić information content (AvgIpc) is 2.28. The van der Waals surface area contributed by atoms with Crippen LogP contribution in [0.15, 0.2) is 0 Å². The minimum absolute atomic E-state index is 0.0685. The summed E-state index contributed by atoms with van der Waals surface area (Å²) in [6.07, 6.45) is -0.536. The summed E-state index contributed by atoms with van der Waals surface area (Å²) < 4.78 is 4.74. The average molecular weight is 262 g/mol. The number of ether oxygens (including phenoxy) is 1. The second kappa shape index (κ2) is 7.17. The molecular formula is C11H22N2O5. The van der Waals surface area contributed by atoms with Gasteiger partial charge in [-0.2, -0.15) is 0 Å². The van der Waals surface area contributed by atoms with Gasteiger partial charge in [-0.1, -0.05) is 6.92 Å². The predicted molar refractivity (Wildman–Crippen MR) is 65.4 cm³/mol. The van der Waals surface area contributed by atoms with Crippen molar-refractivity contribution in [3.05, 3.63) is 0 Å². The Morgan fingerprint density at radius 1 is 1.50 bits per heavy atom. The molecule has 0 radical (unpaired) electrons. The molecule has 0 aliphatic heterocycles. The lowest BCUT2D eigenvalue weighted by molar-refractivity contribution is -0.143. The number of nitrogens with zero attached hydrogens (tertiary/aromatic N) is 1. The summed E-state index contributed by atoms with van der Waals surface area (Å²) in [5.41, 5.74) is -1.31. The minimum atomic E-state index is -1.31. The zero-order valence-corrected chi connectivity index (χ0v) is 11.3. The topological polar surface area (TPSA) is 99.1 Å². The number of rotatable bonds is 7. The number of carboxylic acids is 1. The van der Waals surface area contributed by atoms with Crippen molar-refractivity contribution in [2.45, 2.75) is 31.9 Å². The highest BCUT2D eigenvalue weighted by molar-refractivity contribution is 5.85. The first-order valence-corrected chi connectivity index (χ1v) is 5.70. The summed E-state index contributed by atoms with van der Waals surface area (Å²) >= 11 is 0. The molecule has 0 spiro atoms. The molecule has 0 heterocycles. The van der Waals surface area contributed by atoms with E-state index < -0.39 is 23.6 Å². The largest absolute Gasteiger partial charge is 0.480 e. The standard InChI is InChI=1S/C11H22N2O5/c1-5-11(2,9(15)16)12-10(17)13(3)6-8(14)7-18-4/h8,14H,5-7H2,1-4H3,(H,12,17)(H,15,16). The van der Waals surface area contributed by atoms with Crippen LogP contribution < -0.4 is 5.32 Å². The van der Waals surface area contributed by atoms with E-state index in [0.29, 0.717) is 0 Å². The normalized spacial score (nSPS) is 15.6. The fourth-order valence-electron chi connectivity index (χ4n) is 1.27. The number of aliphatic hydroxyl groups excluding tert-OH is 1. The molecule has 0 bridgehead atoms. The second-order valence-corrected chi connectivity index (χ2v) is 4.41. The third-order valence-electron chi connectivity index (χ3n) is 2.75. The molecule has 7 nitrogen and oxygen atoms in total. The molecule has 0 aromatic carbocycles. The molecule has 0 aromatic heterocycles. The Morgan fingerprint density at radius 2 is 2.06 bits per heavy atom. The lowest BCUT2D eigenvalue weighted by Crippen LogP contribution is -2.56. The Morgan fingerprint density at radius 3 is 2.44 bits per heavy atom. The third-order valence-corrected chi connectivity index (χ3v) is 2.75. The maximum atomic E-state index is 11.8. The number of hydrogen-bond donors (Lipinski definition) is 3. The van der Waals surface area contributed by atoms with Gasteiger partial charge in [0.2, 0.25) is 0 Å². The van der Waals surface area contributed by atoms with Crippen LogP contribution in [0.4, 0.5) is 4.79 Å². The minimum Gasteiger partial charge on any atom is -0.480 e. The highest BCUT2D eigenvalue weighted by atomic mass is 16.5. The molecule has 2 unspecified atom stereocenters. The van der Waals surface area contributed by atoms with Gasteiger partial charge >= 0.3 is 12.0 Å². The molecule has 0 fully saturated rings. The van der Waals surface area contributed by atoms with Crippen LogP contribution in [0.3, 0.4) is 0 Å². The van der Waals surface area contributed by atoms with Crippen molar-refractivity contribution in [1.29, 1.82) is 0 Å². The molecule has 18 heavy (non-hydrogen) atoms. The number of amides is 2. The van der Waals surface area contributed by atoms with Gasteiger partial charge in [0.25, 0.3) is 0 Å². The highest BCUT2D eigenvalue weighted by Gasteiger charge is 2.33. The van der Waals surface area contributed by atoms with Gasteiger partial charge in [-0.15, -0.1) is 0 Å². The summed E-state index contributed by atoms with van der Waals surface area (Å²) in [4.78, 5) is 24.0. The van der Waals surface area contributed by atoms with E-state index in [-0.39, 0.29) is 19.6 Å². The van der Waals surface area contributed by atoms with Crippen molar-refractivity contribution in [2.24, 2.45) is 0 Å². The van der Waals surface area contributed by atoms with E-state index in [2.05, 4.69) is 5.32 Å². The Bertz CT molecular complexity index is 297. The quantitative estimate of drug-likeness (QED) is 0.594. The molecule has 0 aliphatic carbocycles. The van der Waals surface area contributed by atoms with Crippen LogP contribution in [0, 0.1) is 0 Å². The maximum Gasteiger partial charge on any atom is 0.329 e. The van der Waals surface area contributed by atoms with Gasteiger partial charge < -0.3 is 25.2 Å². The molecule has 0 aromatic rings. The molecule has 3 N–H and O–H groups in total. The zero-order valence-electron chi connectivity index (χ0n) is 11.3. The fraction of sp³-hybridized carbons (Fsp3) is 0.818. The SMILES string of the molecule is CCC(C)(NC(=O)N(C)CC(O)COC)C(=O)O. The number of likely N-dealkylation sites (N-methyl/N-ethyl adjacent to an activating group) is 1. The summed E-state index contributed by atoms with van der Waals surface area (Å²) in [7, 11) is 2.92. The van der Waals surface area contributed by atoms with Crippen molar-refractivity contribution < 1.29 is 24.5 Å². The van der Waals surface area contributed by atoms with Gasteiger partial charge in [-0.3, -0.25) is 0 Å². The molecular weight excluding hydrogens is 240 g/mol. The number of carbonyl (C=O) groups is 2. The van der Waals surface area contributed by atoms with E-state index in [1.165, 1.54) is 26.0 Å². The lowest BCUT2D eigenvalue weighted by Gasteiger charge is -2.28. The van der Waals surface area contributed by atoms with Gasteiger partial charge in [-0.05, 0) is 13.3 Å². The Labute approximate surface area is 107 Å². The summed E-state index contributed by atoms with van der Waals surface area (Å²) in [6.45, 7) is 3.29. The van der Waals surface area contributed by atoms with E-state index in [4.69, 9.17) is 9.84 Å². The molecule has 0 saturated heterocycles. The van der Waals surface area contributed by atoms with Gasteiger partial charge in [-0.25, -0.2) is 9.59 Å². The maximum absolute atomic E-state index is 11.8. The van der Waals surface area contributed by atoms with Crippen molar-refractivity contribution in [3.63, 3.8) is 0 Å². The van der Waals surface area contributed by atoms with Crippen LogP contribution in [0.25, 0.3) is 0 Å². The van der Waals surface area contributed by atoms with E-state index >= 15 is 0 Å². The summed E-state index contributed by atoms with van der Waals surface area (Å²) in [6, 6.07) is -0.545. The Hall–Kier alpha value is -1.34. The summed E-state index contributed by atoms with van der Waals surface area (Å²) in [5.74, 6) is -1.09. The van der Waals surface area contributed by atoms with Crippen molar-refractivity contribution in [3.8, 4) is 0 Å². The molecule has 2 amide bonds. The van der Waals surface area contributed by atoms with Crippen molar-refractivity contribution in [2.75, 3.05) is 27.3 Å². The van der Waals surface area contributed by atoms with Crippen LogP contribution in [-0.2, 0) is 9.53 Å². The highest BCUT2D eigenvalue weighted by Crippen LogP contribution is 2.09. The number of carboxylic acid groups (broad SMARTS) is 1. The fourth-order valence-corrected chi connectivity index (χ4v) is 1.27. The van der Waals surface area contributed by atoms with Crippen molar-refractivity contribution >= 4 is 12.0 Å². The van der Waals surface area contributed by atoms with Gasteiger partial charge in [0, 0.05) is 14.2 Å². The predicted octanol–water partition coefficient (Wildman–Crippen LogP) is -0.112. The first kappa shape index (κ1) is 16.7. The van der Waals surface area contributed by atoms with E-state index in [0.717, 1.165) is 0 Å². The van der Waals surface area contributed by atoms with Gasteiger partial charge in [0.1, 0.15) is 5.54 Å². The Balaban J connectivity index is 4.43. The Kier molecular flexibility index (Phi) is 6.64. The van der Waals surface area contributed by atoms with Crippen molar-refractivity contribution in [1.82, 2.24) is 10.2 Å². The number of hydrogen-bond acceptors (Lipinski definition) is 4. The van der Waals surface area contributed by atoms with E-state index in [9.17, 15) is 14.7 Å². The van der Waals surface area contributed by atoms with Crippen LogP contribution in [0.5, 0.6) is 0 Å². The number of carbonyl (C=O) groups excluding carboxylic acids is 1. The van der Waals surface area contributed by atoms with Crippen LogP contribution in [0.1, 0.15) is 20.3 Å². The molecule has 0 saturated carbocycles. The van der Waals surface area contributed by atoms with Gasteiger partial charge in [0.15, 0.2) is 0 Å². The number of methoxy groups -OCH3 is 1. The van der Waals surface area contributed by atoms with Crippen LogP contribution >= 0.6 is 0 Å². The summed E-state index contributed by atoms with van der Waals surface area (Å²) in [5, 5.41) is 20.9.